The number of nitrogen functional groups attached to an aromatic ring is 1. The largest absolute Gasteiger partial charge is 0.382 e. The molecule has 1 aliphatic carbocycles. The molecule has 1 atom stereocenters. The topological polar surface area (TPSA) is 90.9 Å². The van der Waals surface area contributed by atoms with Crippen LogP contribution in [0.5, 0.6) is 0 Å². The van der Waals surface area contributed by atoms with Gasteiger partial charge >= 0.3 is 0 Å². The minimum Gasteiger partial charge on any atom is -0.382 e. The Balaban J connectivity index is 1.71. The van der Waals surface area contributed by atoms with Crippen molar-refractivity contribution >= 4 is 21.9 Å². The number of aromatic nitrogens is 3. The number of nitrogens with two attached hydrogens (primary N) is 1. The van der Waals surface area contributed by atoms with Crippen molar-refractivity contribution in [2.24, 2.45) is 0 Å². The van der Waals surface area contributed by atoms with Gasteiger partial charge in [-0.2, -0.15) is 12.5 Å². The smallest absolute Gasteiger partial charge is 0.283 e. The van der Waals surface area contributed by atoms with Gasteiger partial charge in [0.2, 0.25) is 0 Å². The molecule has 0 radical (unpaired) electrons. The van der Waals surface area contributed by atoms with Crippen molar-refractivity contribution in [2.75, 3.05) is 5.73 Å². The lowest BCUT2D eigenvalue weighted by Crippen LogP contribution is -2.33. The summed E-state index contributed by atoms with van der Waals surface area (Å²) in [5.41, 5.74) is 9.50. The molecule has 4 aromatic rings. The highest BCUT2D eigenvalue weighted by Crippen LogP contribution is 2.42. The molecule has 2 aromatic heterocycles. The maximum Gasteiger partial charge on any atom is 0.283 e. The van der Waals surface area contributed by atoms with Gasteiger partial charge in [0, 0.05) is 18.2 Å². The van der Waals surface area contributed by atoms with Gasteiger partial charge in [-0.3, -0.25) is 4.98 Å². The molecule has 5 rings (SSSR count). The molecular formula is C25H22N4O2S. The highest BCUT2D eigenvalue weighted by Gasteiger charge is 2.40. The van der Waals surface area contributed by atoms with E-state index < -0.39 is 15.4 Å². The number of pyridine rings is 1. The minimum absolute atomic E-state index is 0.172. The van der Waals surface area contributed by atoms with Crippen LogP contribution in [0.2, 0.25) is 0 Å². The Bertz CT molecular complexity index is 1370. The van der Waals surface area contributed by atoms with Crippen molar-refractivity contribution in [3.63, 3.8) is 0 Å². The molecule has 0 saturated heterocycles. The summed E-state index contributed by atoms with van der Waals surface area (Å²) < 4.78 is 28.1. The fourth-order valence-corrected chi connectivity index (χ4v) is 5.58. The van der Waals surface area contributed by atoms with Crippen molar-refractivity contribution in [1.82, 2.24) is 14.2 Å². The van der Waals surface area contributed by atoms with Gasteiger partial charge in [0.1, 0.15) is 0 Å². The third-order valence-corrected chi connectivity index (χ3v) is 7.58. The van der Waals surface area contributed by atoms with E-state index in [1.165, 1.54) is 0 Å². The number of hydrogen-bond donors (Lipinski definition) is 1. The first-order valence-corrected chi connectivity index (χ1v) is 11.7. The van der Waals surface area contributed by atoms with E-state index in [4.69, 9.17) is 5.73 Å². The maximum atomic E-state index is 13.5. The average Bonchev–Trinajstić information content (AvgIpc) is 3.17. The van der Waals surface area contributed by atoms with Gasteiger partial charge in [-0.05, 0) is 36.8 Å². The lowest BCUT2D eigenvalue weighted by atomic mass is 9.70. The van der Waals surface area contributed by atoms with Crippen LogP contribution in [-0.4, -0.2) is 22.6 Å². The van der Waals surface area contributed by atoms with Crippen LogP contribution >= 0.6 is 0 Å². The summed E-state index contributed by atoms with van der Waals surface area (Å²) in [6.45, 7) is 1.91. The minimum atomic E-state index is -3.92. The summed E-state index contributed by atoms with van der Waals surface area (Å²) in [4.78, 5) is 4.80. The van der Waals surface area contributed by atoms with E-state index in [1.807, 2.05) is 67.6 Å². The standard InChI is InChI=1S/C25H22N4O2S/c1-18-10-12-20(13-11-18)32(30,31)29-22-17-25(19-7-3-2-4-8-19,23-9-5-6-16-27-23)15-14-21(22)24(26)28-29/h2-16H,17H2,1H3,(H2,26,28). The summed E-state index contributed by atoms with van der Waals surface area (Å²) in [7, 11) is -3.92. The number of benzene rings is 2. The van der Waals surface area contributed by atoms with Crippen LogP contribution < -0.4 is 5.73 Å². The van der Waals surface area contributed by atoms with Crippen molar-refractivity contribution in [3.8, 4) is 0 Å². The molecule has 0 amide bonds. The second kappa shape index (κ2) is 7.46. The Morgan fingerprint density at radius 3 is 2.38 bits per heavy atom. The summed E-state index contributed by atoms with van der Waals surface area (Å²) in [5, 5.41) is 4.25. The van der Waals surface area contributed by atoms with E-state index in [9.17, 15) is 8.42 Å². The third-order valence-electron chi connectivity index (χ3n) is 5.95. The molecule has 2 aromatic carbocycles. The Hall–Kier alpha value is -3.71. The number of allylic oxidation sites excluding steroid dienone is 1. The molecule has 2 heterocycles. The van der Waals surface area contributed by atoms with E-state index >= 15 is 0 Å². The van der Waals surface area contributed by atoms with Gasteiger partial charge in [0.05, 0.1) is 21.7 Å². The molecule has 1 unspecified atom stereocenters. The molecule has 32 heavy (non-hydrogen) atoms. The predicted molar refractivity (Wildman–Crippen MR) is 125 cm³/mol. The zero-order chi connectivity index (χ0) is 22.3. The summed E-state index contributed by atoms with van der Waals surface area (Å²) in [5.74, 6) is 0.189. The van der Waals surface area contributed by atoms with Gasteiger partial charge in [0.25, 0.3) is 10.0 Å². The second-order valence-electron chi connectivity index (χ2n) is 7.97. The number of hydrogen-bond acceptors (Lipinski definition) is 5. The Morgan fingerprint density at radius 1 is 0.969 bits per heavy atom. The Morgan fingerprint density at radius 2 is 1.69 bits per heavy atom. The van der Waals surface area contributed by atoms with E-state index in [2.05, 4.69) is 10.1 Å². The van der Waals surface area contributed by atoms with Crippen LogP contribution in [0.4, 0.5) is 5.82 Å². The van der Waals surface area contributed by atoms with Gasteiger partial charge < -0.3 is 5.73 Å². The van der Waals surface area contributed by atoms with Crippen molar-refractivity contribution in [3.05, 3.63) is 113 Å². The Kier molecular flexibility index (Phi) is 4.71. The van der Waals surface area contributed by atoms with Crippen LogP contribution in [0.25, 0.3) is 6.08 Å². The molecule has 0 spiro atoms. The molecule has 1 aliphatic rings. The number of rotatable bonds is 4. The molecule has 0 aliphatic heterocycles. The monoisotopic (exact) mass is 442 g/mol. The molecule has 7 heteroatoms. The lowest BCUT2D eigenvalue weighted by molar-refractivity contribution is 0.560. The number of anilines is 1. The van der Waals surface area contributed by atoms with E-state index in [0.29, 0.717) is 17.7 Å². The SMILES string of the molecule is Cc1ccc(S(=O)(=O)n2nc(N)c3c2CC(c2ccccc2)(c2ccccn2)C=C3)cc1. The number of nitrogens with zero attached hydrogens (tertiary/aromatic N) is 3. The van der Waals surface area contributed by atoms with Crippen LogP contribution in [0.1, 0.15) is 28.1 Å². The lowest BCUT2D eigenvalue weighted by Gasteiger charge is -2.33. The zero-order valence-electron chi connectivity index (χ0n) is 17.5. The molecule has 160 valence electrons. The highest BCUT2D eigenvalue weighted by atomic mass is 32.2. The van der Waals surface area contributed by atoms with E-state index in [1.54, 1.807) is 30.5 Å². The van der Waals surface area contributed by atoms with Gasteiger partial charge in [-0.15, -0.1) is 5.10 Å². The third kappa shape index (κ3) is 3.13. The van der Waals surface area contributed by atoms with Crippen molar-refractivity contribution < 1.29 is 8.42 Å². The van der Waals surface area contributed by atoms with Crippen LogP contribution in [0, 0.1) is 6.92 Å². The van der Waals surface area contributed by atoms with Crippen LogP contribution in [0.15, 0.2) is 90.0 Å². The maximum absolute atomic E-state index is 13.5. The normalized spacial score (nSPS) is 17.8. The summed E-state index contributed by atoms with van der Waals surface area (Å²) in [6, 6.07) is 22.4. The second-order valence-corrected chi connectivity index (χ2v) is 9.74. The summed E-state index contributed by atoms with van der Waals surface area (Å²) in [6.07, 6.45) is 6.02. The summed E-state index contributed by atoms with van der Waals surface area (Å²) >= 11 is 0. The number of fused-ring (bicyclic) bond motifs is 1. The number of aryl methyl sites for hydroxylation is 1. The molecule has 0 fully saturated rings. The molecular weight excluding hydrogens is 420 g/mol. The van der Waals surface area contributed by atoms with Crippen molar-refractivity contribution in [2.45, 2.75) is 23.7 Å². The highest BCUT2D eigenvalue weighted by molar-refractivity contribution is 7.89. The van der Waals surface area contributed by atoms with Gasteiger partial charge in [0.15, 0.2) is 5.82 Å². The van der Waals surface area contributed by atoms with E-state index in [-0.39, 0.29) is 10.7 Å². The van der Waals surface area contributed by atoms with Crippen molar-refractivity contribution in [1.29, 1.82) is 0 Å². The first-order valence-electron chi connectivity index (χ1n) is 10.3. The molecule has 0 saturated carbocycles. The molecule has 6 nitrogen and oxygen atoms in total. The van der Waals surface area contributed by atoms with Gasteiger partial charge in [-0.1, -0.05) is 66.2 Å². The average molecular weight is 443 g/mol. The Labute approximate surface area is 187 Å². The van der Waals surface area contributed by atoms with Crippen LogP contribution in [-0.2, 0) is 21.9 Å². The van der Waals surface area contributed by atoms with Crippen LogP contribution in [0.3, 0.4) is 0 Å². The zero-order valence-corrected chi connectivity index (χ0v) is 18.3. The fourth-order valence-electron chi connectivity index (χ4n) is 4.25. The first-order chi connectivity index (χ1) is 15.4. The quantitative estimate of drug-likeness (QED) is 0.517. The van der Waals surface area contributed by atoms with E-state index in [0.717, 1.165) is 20.9 Å². The fraction of sp³-hybridized carbons (Fsp3) is 0.120. The van der Waals surface area contributed by atoms with Gasteiger partial charge in [-0.25, -0.2) is 0 Å². The molecule has 2 N–H and O–H groups in total. The first kappa shape index (κ1) is 20.2. The molecule has 0 bridgehead atoms. The predicted octanol–water partition coefficient (Wildman–Crippen LogP) is 3.96.